The van der Waals surface area contributed by atoms with E-state index < -0.39 is 17.8 Å². The van der Waals surface area contributed by atoms with Gasteiger partial charge < -0.3 is 15.0 Å². The standard InChI is InChI=1S/C26H26F3N5O2/c1-3-4-19-20(9-10-26(27,28)29)33-23(32-19)17-6-8-21(30-15-17)34-13-11-25(12-14-34)22-18(24(35)36-25)7-5-16(2)31-22/h3-10,15,19-20H,11-14H2,1-2H3,(H,32,33)/b4-3-,10-9+. The molecule has 0 aromatic carbocycles. The molecule has 1 N–H and O–H groups in total. The van der Waals surface area contributed by atoms with Crippen molar-refractivity contribution < 1.29 is 22.7 Å². The van der Waals surface area contributed by atoms with Crippen LogP contribution in [0, 0.1) is 6.92 Å². The number of carbonyl (C=O) groups excluding carboxylic acids is 1. The van der Waals surface area contributed by atoms with Crippen LogP contribution in [0.3, 0.4) is 0 Å². The van der Waals surface area contributed by atoms with Gasteiger partial charge >= 0.3 is 12.1 Å². The molecular weight excluding hydrogens is 471 g/mol. The molecule has 0 aliphatic carbocycles. The van der Waals surface area contributed by atoms with Gasteiger partial charge in [0.05, 0.1) is 23.3 Å². The fourth-order valence-corrected chi connectivity index (χ4v) is 4.91. The first-order valence-corrected chi connectivity index (χ1v) is 11.8. The third kappa shape index (κ3) is 4.59. The predicted molar refractivity (Wildman–Crippen MR) is 129 cm³/mol. The largest absolute Gasteiger partial charge is 0.449 e. The highest BCUT2D eigenvalue weighted by Crippen LogP contribution is 2.43. The number of halogens is 3. The lowest BCUT2D eigenvalue weighted by Gasteiger charge is -2.38. The van der Waals surface area contributed by atoms with Crippen molar-refractivity contribution in [1.29, 1.82) is 0 Å². The van der Waals surface area contributed by atoms with E-state index in [0.29, 0.717) is 42.9 Å². The van der Waals surface area contributed by atoms with Gasteiger partial charge in [0.1, 0.15) is 11.7 Å². The summed E-state index contributed by atoms with van der Waals surface area (Å²) in [5.41, 5.74) is 2.12. The van der Waals surface area contributed by atoms with E-state index in [1.807, 2.05) is 32.0 Å². The molecule has 1 fully saturated rings. The highest BCUT2D eigenvalue weighted by Gasteiger charge is 2.49. The molecule has 0 radical (unpaired) electrons. The Morgan fingerprint density at radius 3 is 2.61 bits per heavy atom. The van der Waals surface area contributed by atoms with Gasteiger partial charge in [0.25, 0.3) is 0 Å². The van der Waals surface area contributed by atoms with Crippen molar-refractivity contribution in [2.75, 3.05) is 18.0 Å². The molecule has 1 spiro atoms. The van der Waals surface area contributed by atoms with Crippen molar-refractivity contribution in [3.8, 4) is 0 Å². The van der Waals surface area contributed by atoms with Crippen molar-refractivity contribution in [3.63, 3.8) is 0 Å². The van der Waals surface area contributed by atoms with Gasteiger partial charge in [-0.3, -0.25) is 9.98 Å². The summed E-state index contributed by atoms with van der Waals surface area (Å²) in [6.07, 6.45) is 3.37. The Labute approximate surface area is 206 Å². The van der Waals surface area contributed by atoms with Crippen LogP contribution in [-0.4, -0.2) is 53.1 Å². The van der Waals surface area contributed by atoms with E-state index >= 15 is 0 Å². The number of esters is 1. The quantitative estimate of drug-likeness (QED) is 0.503. The lowest BCUT2D eigenvalue weighted by molar-refractivity contribution is -0.0801. The average Bonchev–Trinajstić information content (AvgIpc) is 3.37. The summed E-state index contributed by atoms with van der Waals surface area (Å²) >= 11 is 0. The van der Waals surface area contributed by atoms with Crippen LogP contribution >= 0.6 is 0 Å². The normalized spacial score (nSPS) is 23.3. The van der Waals surface area contributed by atoms with Crippen LogP contribution in [0.2, 0.25) is 0 Å². The summed E-state index contributed by atoms with van der Waals surface area (Å²) in [4.78, 5) is 28.1. The van der Waals surface area contributed by atoms with Gasteiger partial charge in [0.15, 0.2) is 5.60 Å². The lowest BCUT2D eigenvalue weighted by atomic mass is 9.87. The number of fused-ring (bicyclic) bond motifs is 2. The third-order valence-electron chi connectivity index (χ3n) is 6.72. The molecule has 10 heteroatoms. The molecule has 0 amide bonds. The van der Waals surface area contributed by atoms with Crippen LogP contribution in [0.25, 0.3) is 0 Å². The Morgan fingerprint density at radius 2 is 1.94 bits per heavy atom. The summed E-state index contributed by atoms with van der Waals surface area (Å²) in [6, 6.07) is 6.31. The number of alkyl halides is 3. The molecule has 5 heterocycles. The second kappa shape index (κ2) is 9.07. The van der Waals surface area contributed by atoms with Gasteiger partial charge in [-0.15, -0.1) is 0 Å². The number of pyridine rings is 2. The topological polar surface area (TPSA) is 79.7 Å². The van der Waals surface area contributed by atoms with Crippen LogP contribution < -0.4 is 10.2 Å². The molecule has 2 aromatic rings. The first-order chi connectivity index (χ1) is 17.2. The predicted octanol–water partition coefficient (Wildman–Crippen LogP) is 4.23. The molecule has 2 atom stereocenters. The number of aromatic nitrogens is 2. The molecule has 0 bridgehead atoms. The van der Waals surface area contributed by atoms with E-state index in [0.717, 1.165) is 23.3 Å². The monoisotopic (exact) mass is 497 g/mol. The van der Waals surface area contributed by atoms with Crippen LogP contribution in [0.15, 0.2) is 59.8 Å². The number of ether oxygens (including phenoxy) is 1. The second-order valence-corrected chi connectivity index (χ2v) is 9.19. The van der Waals surface area contributed by atoms with E-state index in [4.69, 9.17) is 4.74 Å². The van der Waals surface area contributed by atoms with Crippen molar-refractivity contribution in [2.45, 2.75) is 50.6 Å². The summed E-state index contributed by atoms with van der Waals surface area (Å²) < 4.78 is 43.8. The summed E-state index contributed by atoms with van der Waals surface area (Å²) in [5.74, 6) is 0.952. The van der Waals surface area contributed by atoms with Gasteiger partial charge in [-0.2, -0.15) is 13.2 Å². The highest BCUT2D eigenvalue weighted by molar-refractivity contribution is 6.00. The highest BCUT2D eigenvalue weighted by atomic mass is 19.4. The number of anilines is 1. The Balaban J connectivity index is 1.28. The van der Waals surface area contributed by atoms with Crippen LogP contribution in [0.5, 0.6) is 0 Å². The molecule has 2 aromatic heterocycles. The van der Waals surface area contributed by atoms with E-state index in [1.54, 1.807) is 24.4 Å². The number of piperidine rings is 1. The van der Waals surface area contributed by atoms with Crippen LogP contribution in [-0.2, 0) is 10.3 Å². The molecular formula is C26H26F3N5O2. The minimum atomic E-state index is -4.39. The molecule has 3 aliphatic heterocycles. The maximum atomic E-state index is 12.7. The number of nitrogens with zero attached hydrogens (tertiary/aromatic N) is 4. The molecule has 1 saturated heterocycles. The number of allylic oxidation sites excluding steroid dienone is 2. The lowest BCUT2D eigenvalue weighted by Crippen LogP contribution is -2.43. The molecule has 5 rings (SSSR count). The van der Waals surface area contributed by atoms with E-state index in [1.165, 1.54) is 0 Å². The summed E-state index contributed by atoms with van der Waals surface area (Å²) in [6.45, 7) is 4.99. The van der Waals surface area contributed by atoms with Gasteiger partial charge in [-0.1, -0.05) is 18.2 Å². The number of amidine groups is 1. The van der Waals surface area contributed by atoms with Gasteiger partial charge in [0.2, 0.25) is 0 Å². The summed E-state index contributed by atoms with van der Waals surface area (Å²) in [7, 11) is 0. The number of nitrogens with one attached hydrogen (secondary N) is 1. The zero-order valence-corrected chi connectivity index (χ0v) is 19.9. The fourth-order valence-electron chi connectivity index (χ4n) is 4.91. The Bertz CT molecular complexity index is 1250. The number of aryl methyl sites for hydroxylation is 1. The number of aliphatic imine (C=N–C) groups is 1. The van der Waals surface area contributed by atoms with Crippen molar-refractivity contribution >= 4 is 17.6 Å². The smallest absolute Gasteiger partial charge is 0.409 e. The van der Waals surface area contributed by atoms with Crippen molar-refractivity contribution in [3.05, 3.63) is 77.3 Å². The third-order valence-corrected chi connectivity index (χ3v) is 6.72. The maximum Gasteiger partial charge on any atom is 0.409 e. The minimum absolute atomic E-state index is 0.226. The fraction of sp³-hybridized carbons (Fsp3) is 0.385. The van der Waals surface area contributed by atoms with Crippen LogP contribution in [0.4, 0.5) is 19.0 Å². The van der Waals surface area contributed by atoms with Crippen molar-refractivity contribution in [2.24, 2.45) is 4.99 Å². The molecule has 0 saturated carbocycles. The zero-order valence-electron chi connectivity index (χ0n) is 19.9. The van der Waals surface area contributed by atoms with Gasteiger partial charge in [-0.05, 0) is 38.1 Å². The van der Waals surface area contributed by atoms with E-state index in [-0.39, 0.29) is 18.1 Å². The number of hydrogen-bond acceptors (Lipinski definition) is 7. The molecule has 7 nitrogen and oxygen atoms in total. The van der Waals surface area contributed by atoms with Crippen molar-refractivity contribution in [1.82, 2.24) is 15.3 Å². The number of rotatable bonds is 4. The van der Waals surface area contributed by atoms with Gasteiger partial charge in [0, 0.05) is 49.5 Å². The SMILES string of the molecule is C/C=C\C1NC(c2ccc(N3CCC4(CC3)OC(=O)c3ccc(C)nc34)nc2)=NC1/C=C/C(F)(F)F. The first-order valence-electron chi connectivity index (χ1n) is 11.8. The Morgan fingerprint density at radius 1 is 1.17 bits per heavy atom. The number of carbonyl (C=O) groups is 1. The summed E-state index contributed by atoms with van der Waals surface area (Å²) in [5, 5.41) is 3.18. The molecule has 2 unspecified atom stereocenters. The zero-order chi connectivity index (χ0) is 25.5. The Kier molecular flexibility index (Phi) is 6.05. The Hall–Kier alpha value is -3.69. The van der Waals surface area contributed by atoms with E-state index in [9.17, 15) is 18.0 Å². The van der Waals surface area contributed by atoms with Crippen LogP contribution in [0.1, 0.15) is 47.1 Å². The second-order valence-electron chi connectivity index (χ2n) is 9.19. The average molecular weight is 498 g/mol. The molecule has 36 heavy (non-hydrogen) atoms. The van der Waals surface area contributed by atoms with E-state index in [2.05, 4.69) is 25.2 Å². The molecule has 3 aliphatic rings. The maximum absolute atomic E-state index is 12.7. The first kappa shape index (κ1) is 24.0. The molecule has 188 valence electrons. The van der Waals surface area contributed by atoms with Gasteiger partial charge in [-0.25, -0.2) is 9.78 Å². The minimum Gasteiger partial charge on any atom is -0.449 e. The number of hydrogen-bond donors (Lipinski definition) is 1.